The van der Waals surface area contributed by atoms with Crippen molar-refractivity contribution < 1.29 is 14.6 Å². The van der Waals surface area contributed by atoms with Crippen LogP contribution in [0, 0.1) is 0 Å². The van der Waals surface area contributed by atoms with Gasteiger partial charge in [-0.2, -0.15) is 0 Å². The van der Waals surface area contributed by atoms with Crippen LogP contribution in [0.25, 0.3) is 0 Å². The molecule has 1 aliphatic heterocycles. The zero-order chi connectivity index (χ0) is 18.9. The smallest absolute Gasteiger partial charge is 0.119 e. The minimum absolute atomic E-state index is 0.322. The SMILES string of the molecule is O[C@@H](COCCOc1ccc(Cl)cc1)CN1CCN(c2ccccc2)CC1. The molecule has 0 bridgehead atoms. The van der Waals surface area contributed by atoms with Crippen molar-refractivity contribution in [3.8, 4) is 5.75 Å². The fourth-order valence-corrected chi connectivity index (χ4v) is 3.27. The van der Waals surface area contributed by atoms with Crippen molar-refractivity contribution in [1.29, 1.82) is 0 Å². The van der Waals surface area contributed by atoms with Gasteiger partial charge in [-0.15, -0.1) is 0 Å². The van der Waals surface area contributed by atoms with Gasteiger partial charge >= 0.3 is 0 Å². The van der Waals surface area contributed by atoms with E-state index < -0.39 is 6.10 Å². The molecule has 0 saturated carbocycles. The molecule has 2 aromatic rings. The summed E-state index contributed by atoms with van der Waals surface area (Å²) in [6.45, 7) is 5.71. The lowest BCUT2D eigenvalue weighted by Gasteiger charge is -2.36. The van der Waals surface area contributed by atoms with Crippen LogP contribution in [0.4, 0.5) is 5.69 Å². The van der Waals surface area contributed by atoms with Crippen LogP contribution >= 0.6 is 11.6 Å². The second-order valence-electron chi connectivity index (χ2n) is 6.65. The molecule has 0 amide bonds. The van der Waals surface area contributed by atoms with Crippen molar-refractivity contribution >= 4 is 17.3 Å². The van der Waals surface area contributed by atoms with Crippen LogP contribution < -0.4 is 9.64 Å². The lowest BCUT2D eigenvalue weighted by atomic mass is 10.2. The zero-order valence-corrected chi connectivity index (χ0v) is 16.2. The number of aliphatic hydroxyl groups is 1. The third kappa shape index (κ3) is 6.70. The van der Waals surface area contributed by atoms with Gasteiger partial charge in [-0.1, -0.05) is 29.8 Å². The van der Waals surface area contributed by atoms with Crippen LogP contribution in [0.1, 0.15) is 0 Å². The number of hydrogen-bond acceptors (Lipinski definition) is 5. The molecule has 6 heteroatoms. The normalized spacial score (nSPS) is 16.3. The van der Waals surface area contributed by atoms with Crippen LogP contribution in [-0.2, 0) is 4.74 Å². The maximum atomic E-state index is 10.2. The van der Waals surface area contributed by atoms with Crippen molar-refractivity contribution in [2.75, 3.05) is 57.4 Å². The quantitative estimate of drug-likeness (QED) is 0.667. The summed E-state index contributed by atoms with van der Waals surface area (Å²) in [6, 6.07) is 17.7. The zero-order valence-electron chi connectivity index (χ0n) is 15.5. The first-order chi connectivity index (χ1) is 13.2. The molecule has 3 rings (SSSR count). The van der Waals surface area contributed by atoms with E-state index in [2.05, 4.69) is 34.1 Å². The summed E-state index contributed by atoms with van der Waals surface area (Å²) >= 11 is 5.83. The van der Waals surface area contributed by atoms with Gasteiger partial charge < -0.3 is 19.5 Å². The minimum atomic E-state index is -0.483. The van der Waals surface area contributed by atoms with Crippen LogP contribution in [0.5, 0.6) is 5.75 Å². The summed E-state index contributed by atoms with van der Waals surface area (Å²) in [4.78, 5) is 4.67. The molecule has 27 heavy (non-hydrogen) atoms. The maximum Gasteiger partial charge on any atom is 0.119 e. The first-order valence-electron chi connectivity index (χ1n) is 9.37. The van der Waals surface area contributed by atoms with Crippen LogP contribution in [0.3, 0.4) is 0 Å². The molecule has 0 unspecified atom stereocenters. The molecular weight excluding hydrogens is 364 g/mol. The first kappa shape index (κ1) is 20.0. The van der Waals surface area contributed by atoms with E-state index in [4.69, 9.17) is 21.1 Å². The van der Waals surface area contributed by atoms with E-state index in [1.165, 1.54) is 5.69 Å². The number of nitrogens with zero attached hydrogens (tertiary/aromatic N) is 2. The first-order valence-corrected chi connectivity index (χ1v) is 9.75. The Balaban J connectivity index is 1.26. The third-order valence-corrected chi connectivity index (χ3v) is 4.83. The Hall–Kier alpha value is -1.79. The van der Waals surface area contributed by atoms with E-state index in [9.17, 15) is 5.11 Å². The lowest BCUT2D eigenvalue weighted by Crippen LogP contribution is -2.49. The van der Waals surface area contributed by atoms with E-state index in [1.54, 1.807) is 12.1 Å². The Bertz CT molecular complexity index is 661. The number of para-hydroxylation sites is 1. The topological polar surface area (TPSA) is 45.2 Å². The Morgan fingerprint density at radius 1 is 0.926 bits per heavy atom. The Kier molecular flexibility index (Phi) is 7.78. The van der Waals surface area contributed by atoms with E-state index in [-0.39, 0.29) is 0 Å². The number of hydrogen-bond donors (Lipinski definition) is 1. The van der Waals surface area contributed by atoms with Gasteiger partial charge in [-0.05, 0) is 36.4 Å². The summed E-state index contributed by atoms with van der Waals surface area (Å²) in [5, 5.41) is 10.9. The molecule has 1 heterocycles. The van der Waals surface area contributed by atoms with Gasteiger partial charge in [0.15, 0.2) is 0 Å². The molecular formula is C21H27ClN2O3. The minimum Gasteiger partial charge on any atom is -0.491 e. The number of rotatable bonds is 9. The molecule has 0 aliphatic carbocycles. The van der Waals surface area contributed by atoms with Gasteiger partial charge in [0.05, 0.1) is 19.3 Å². The van der Waals surface area contributed by atoms with Crippen molar-refractivity contribution in [2.24, 2.45) is 0 Å². The number of ether oxygens (including phenoxy) is 2. The number of benzene rings is 2. The molecule has 0 spiro atoms. The molecule has 1 atom stereocenters. The Morgan fingerprint density at radius 3 is 2.33 bits per heavy atom. The largest absolute Gasteiger partial charge is 0.491 e. The standard InChI is InChI=1S/C21H27ClN2O3/c22-18-6-8-21(9-7-18)27-15-14-26-17-20(25)16-23-10-12-24(13-11-23)19-4-2-1-3-5-19/h1-9,20,25H,10-17H2/t20-/m1/s1. The molecule has 1 saturated heterocycles. The van der Waals surface area contributed by atoms with Gasteiger partial charge in [0.1, 0.15) is 12.4 Å². The Labute approximate surface area is 166 Å². The fourth-order valence-electron chi connectivity index (χ4n) is 3.15. The number of piperazine rings is 1. The van der Waals surface area contributed by atoms with Crippen molar-refractivity contribution in [1.82, 2.24) is 4.90 Å². The highest BCUT2D eigenvalue weighted by Crippen LogP contribution is 2.16. The fraction of sp³-hybridized carbons (Fsp3) is 0.429. The summed E-state index contributed by atoms with van der Waals surface area (Å²) in [6.07, 6.45) is -0.483. The number of aliphatic hydroxyl groups excluding tert-OH is 1. The predicted octanol–water partition coefficient (Wildman–Crippen LogP) is 2.92. The molecule has 1 aliphatic rings. The molecule has 146 valence electrons. The number of anilines is 1. The molecule has 1 N–H and O–H groups in total. The van der Waals surface area contributed by atoms with Gasteiger partial charge in [0.2, 0.25) is 0 Å². The van der Waals surface area contributed by atoms with E-state index in [0.717, 1.165) is 31.9 Å². The number of β-amino-alcohol motifs (C(OH)–C–C–N with tert-alkyl or cyclic N) is 1. The summed E-state index contributed by atoms with van der Waals surface area (Å²) < 4.78 is 11.1. The predicted molar refractivity (Wildman–Crippen MR) is 109 cm³/mol. The second kappa shape index (κ2) is 10.5. The van der Waals surface area contributed by atoms with Gasteiger partial charge in [0, 0.05) is 43.4 Å². The highest BCUT2D eigenvalue weighted by Gasteiger charge is 2.19. The van der Waals surface area contributed by atoms with Crippen molar-refractivity contribution in [3.05, 3.63) is 59.6 Å². The molecule has 0 aromatic heterocycles. The maximum absolute atomic E-state index is 10.2. The van der Waals surface area contributed by atoms with Gasteiger partial charge in [-0.3, -0.25) is 4.90 Å². The van der Waals surface area contributed by atoms with E-state index >= 15 is 0 Å². The number of halogens is 1. The summed E-state index contributed by atoms with van der Waals surface area (Å²) in [5.74, 6) is 0.764. The van der Waals surface area contributed by atoms with Crippen molar-refractivity contribution in [3.63, 3.8) is 0 Å². The van der Waals surface area contributed by atoms with E-state index in [0.29, 0.717) is 31.4 Å². The highest BCUT2D eigenvalue weighted by atomic mass is 35.5. The van der Waals surface area contributed by atoms with Crippen LogP contribution in [-0.4, -0.2) is 68.7 Å². The molecule has 0 radical (unpaired) electrons. The summed E-state index contributed by atoms with van der Waals surface area (Å²) in [5.41, 5.74) is 1.27. The third-order valence-electron chi connectivity index (χ3n) is 4.58. The Morgan fingerprint density at radius 2 is 1.63 bits per heavy atom. The molecule has 5 nitrogen and oxygen atoms in total. The molecule has 1 fully saturated rings. The van der Waals surface area contributed by atoms with Crippen LogP contribution in [0.15, 0.2) is 54.6 Å². The van der Waals surface area contributed by atoms with Crippen LogP contribution in [0.2, 0.25) is 5.02 Å². The average molecular weight is 391 g/mol. The monoisotopic (exact) mass is 390 g/mol. The average Bonchev–Trinajstić information content (AvgIpc) is 2.70. The molecule has 2 aromatic carbocycles. The lowest BCUT2D eigenvalue weighted by molar-refractivity contribution is 0.00718. The van der Waals surface area contributed by atoms with Gasteiger partial charge in [-0.25, -0.2) is 0 Å². The second-order valence-corrected chi connectivity index (χ2v) is 7.09. The van der Waals surface area contributed by atoms with E-state index in [1.807, 2.05) is 18.2 Å². The van der Waals surface area contributed by atoms with Gasteiger partial charge in [0.25, 0.3) is 0 Å². The highest BCUT2D eigenvalue weighted by molar-refractivity contribution is 6.30. The van der Waals surface area contributed by atoms with Crippen molar-refractivity contribution in [2.45, 2.75) is 6.10 Å². The summed E-state index contributed by atoms with van der Waals surface area (Å²) in [7, 11) is 0.